The summed E-state index contributed by atoms with van der Waals surface area (Å²) in [6, 6.07) is 11.0. The molecule has 1 fully saturated rings. The Kier molecular flexibility index (Phi) is 3.91. The molecule has 0 saturated heterocycles. The smallest absolute Gasteiger partial charge is 0.0669 e. The van der Waals surface area contributed by atoms with Crippen LogP contribution in [-0.2, 0) is 6.42 Å². The average Bonchev–Trinajstić information content (AvgIpc) is 2.35. The van der Waals surface area contributed by atoms with Crippen LogP contribution in [0.3, 0.4) is 0 Å². The van der Waals surface area contributed by atoms with Crippen LogP contribution in [0.1, 0.15) is 45.1 Å². The Morgan fingerprint density at radius 2 is 1.83 bits per heavy atom. The molecule has 0 amide bonds. The molecule has 0 aliphatic heterocycles. The van der Waals surface area contributed by atoms with E-state index in [-0.39, 0.29) is 0 Å². The first kappa shape index (κ1) is 13.0. The summed E-state index contributed by atoms with van der Waals surface area (Å²) in [6.07, 6.45) is 5.62. The van der Waals surface area contributed by atoms with Gasteiger partial charge in [0.2, 0.25) is 0 Å². The van der Waals surface area contributed by atoms with Crippen LogP contribution in [0.4, 0.5) is 5.69 Å². The number of benzene rings is 1. The van der Waals surface area contributed by atoms with Crippen molar-refractivity contribution in [3.8, 4) is 6.07 Å². The van der Waals surface area contributed by atoms with E-state index in [4.69, 9.17) is 5.26 Å². The second-order valence-corrected chi connectivity index (χ2v) is 6.11. The number of hydrogen-bond donors (Lipinski definition) is 1. The summed E-state index contributed by atoms with van der Waals surface area (Å²) >= 11 is 0. The summed E-state index contributed by atoms with van der Waals surface area (Å²) in [7, 11) is 0. The van der Waals surface area contributed by atoms with Gasteiger partial charge in [0, 0.05) is 11.7 Å². The minimum atomic E-state index is 0.498. The topological polar surface area (TPSA) is 35.8 Å². The van der Waals surface area contributed by atoms with Gasteiger partial charge in [-0.05, 0) is 48.8 Å². The van der Waals surface area contributed by atoms with E-state index < -0.39 is 0 Å². The molecule has 18 heavy (non-hydrogen) atoms. The number of anilines is 1. The minimum absolute atomic E-state index is 0.498. The van der Waals surface area contributed by atoms with Crippen LogP contribution < -0.4 is 5.32 Å². The molecule has 1 aliphatic carbocycles. The predicted octanol–water partition coefficient (Wildman–Crippen LogP) is 4.13. The molecule has 2 heteroatoms. The van der Waals surface area contributed by atoms with Crippen LogP contribution in [-0.4, -0.2) is 6.04 Å². The van der Waals surface area contributed by atoms with Gasteiger partial charge in [-0.1, -0.05) is 26.0 Å². The summed E-state index contributed by atoms with van der Waals surface area (Å²) in [5.74, 6) is 0. The van der Waals surface area contributed by atoms with Crippen LogP contribution in [0.2, 0.25) is 0 Å². The molecule has 0 atom stereocenters. The summed E-state index contributed by atoms with van der Waals surface area (Å²) in [6.45, 7) is 4.72. The Bertz CT molecular complexity index is 415. The molecular weight excluding hydrogens is 220 g/mol. The molecule has 0 aromatic heterocycles. The van der Waals surface area contributed by atoms with E-state index in [1.165, 1.54) is 31.4 Å². The van der Waals surface area contributed by atoms with Gasteiger partial charge in [0.25, 0.3) is 0 Å². The van der Waals surface area contributed by atoms with Crippen molar-refractivity contribution in [1.29, 1.82) is 5.26 Å². The summed E-state index contributed by atoms with van der Waals surface area (Å²) < 4.78 is 0. The molecule has 0 heterocycles. The van der Waals surface area contributed by atoms with Gasteiger partial charge < -0.3 is 5.32 Å². The van der Waals surface area contributed by atoms with Gasteiger partial charge in [0.15, 0.2) is 0 Å². The van der Waals surface area contributed by atoms with Gasteiger partial charge in [-0.2, -0.15) is 5.26 Å². The summed E-state index contributed by atoms with van der Waals surface area (Å²) in [5.41, 5.74) is 2.80. The lowest BCUT2D eigenvalue weighted by Gasteiger charge is -2.35. The lowest BCUT2D eigenvalue weighted by molar-refractivity contribution is 0.232. The van der Waals surface area contributed by atoms with E-state index in [1.807, 2.05) is 12.1 Å². The second kappa shape index (κ2) is 5.44. The maximum atomic E-state index is 8.63. The third kappa shape index (κ3) is 3.50. The van der Waals surface area contributed by atoms with Crippen molar-refractivity contribution in [3.63, 3.8) is 0 Å². The van der Waals surface area contributed by atoms with E-state index in [1.54, 1.807) is 0 Å². The van der Waals surface area contributed by atoms with Crippen molar-refractivity contribution in [2.24, 2.45) is 5.41 Å². The fraction of sp³-hybridized carbons (Fsp3) is 0.562. The molecule has 0 unspecified atom stereocenters. The molecule has 0 radical (unpaired) electrons. The first-order valence-corrected chi connectivity index (χ1v) is 6.81. The van der Waals surface area contributed by atoms with Crippen molar-refractivity contribution in [2.75, 3.05) is 5.32 Å². The fourth-order valence-electron chi connectivity index (χ4n) is 2.59. The largest absolute Gasteiger partial charge is 0.382 e. The Labute approximate surface area is 110 Å². The minimum Gasteiger partial charge on any atom is -0.382 e. The zero-order valence-electron chi connectivity index (χ0n) is 11.4. The molecule has 1 aromatic rings. The van der Waals surface area contributed by atoms with Gasteiger partial charge >= 0.3 is 0 Å². The van der Waals surface area contributed by atoms with Crippen LogP contribution in [0.15, 0.2) is 24.3 Å². The van der Waals surface area contributed by atoms with E-state index in [0.717, 1.165) is 5.56 Å². The average molecular weight is 242 g/mol. The van der Waals surface area contributed by atoms with Crippen LogP contribution in [0, 0.1) is 16.7 Å². The number of rotatable bonds is 3. The highest BCUT2D eigenvalue weighted by atomic mass is 14.9. The zero-order valence-corrected chi connectivity index (χ0v) is 11.4. The number of nitriles is 1. The predicted molar refractivity (Wildman–Crippen MR) is 75.4 cm³/mol. The van der Waals surface area contributed by atoms with Gasteiger partial charge in [-0.25, -0.2) is 0 Å². The van der Waals surface area contributed by atoms with Crippen molar-refractivity contribution in [3.05, 3.63) is 29.8 Å². The molecule has 2 rings (SSSR count). The monoisotopic (exact) mass is 242 g/mol. The first-order chi connectivity index (χ1) is 8.59. The summed E-state index contributed by atoms with van der Waals surface area (Å²) in [5, 5.41) is 12.2. The molecule has 0 spiro atoms. The van der Waals surface area contributed by atoms with Gasteiger partial charge in [0.1, 0.15) is 0 Å². The third-order valence-electron chi connectivity index (χ3n) is 3.95. The van der Waals surface area contributed by atoms with Gasteiger partial charge in [-0.3, -0.25) is 0 Å². The van der Waals surface area contributed by atoms with E-state index in [2.05, 4.69) is 37.4 Å². The van der Waals surface area contributed by atoms with Crippen molar-refractivity contribution in [1.82, 2.24) is 0 Å². The van der Waals surface area contributed by atoms with Crippen molar-refractivity contribution < 1.29 is 0 Å². The van der Waals surface area contributed by atoms with E-state index in [9.17, 15) is 0 Å². The zero-order chi connectivity index (χ0) is 13.0. The molecule has 1 aromatic carbocycles. The summed E-state index contributed by atoms with van der Waals surface area (Å²) in [4.78, 5) is 0. The Balaban J connectivity index is 1.89. The van der Waals surface area contributed by atoms with Crippen molar-refractivity contribution in [2.45, 2.75) is 52.0 Å². The standard InChI is InChI=1S/C16H22N2/c1-16(2)10-7-15(8-11-16)18-14-5-3-13(4-6-14)9-12-17/h3-6,15,18H,7-11H2,1-2H3. The maximum Gasteiger partial charge on any atom is 0.0669 e. The fourth-order valence-corrected chi connectivity index (χ4v) is 2.59. The Hall–Kier alpha value is -1.49. The Morgan fingerprint density at radius 3 is 2.39 bits per heavy atom. The maximum absolute atomic E-state index is 8.63. The number of nitrogens with one attached hydrogen (secondary N) is 1. The molecule has 0 bridgehead atoms. The van der Waals surface area contributed by atoms with Gasteiger partial charge in [0.05, 0.1) is 12.5 Å². The van der Waals surface area contributed by atoms with Crippen LogP contribution in [0.25, 0.3) is 0 Å². The highest BCUT2D eigenvalue weighted by Crippen LogP contribution is 2.36. The molecule has 96 valence electrons. The van der Waals surface area contributed by atoms with E-state index in [0.29, 0.717) is 17.9 Å². The third-order valence-corrected chi connectivity index (χ3v) is 3.95. The Morgan fingerprint density at radius 1 is 1.22 bits per heavy atom. The quantitative estimate of drug-likeness (QED) is 0.865. The molecule has 1 N–H and O–H groups in total. The highest BCUT2D eigenvalue weighted by molar-refractivity contribution is 5.45. The molecular formula is C16H22N2. The number of hydrogen-bond acceptors (Lipinski definition) is 2. The van der Waals surface area contributed by atoms with Crippen molar-refractivity contribution >= 4 is 5.69 Å². The lowest BCUT2D eigenvalue weighted by atomic mass is 9.75. The van der Waals surface area contributed by atoms with Crippen LogP contribution in [0.5, 0.6) is 0 Å². The number of nitrogens with zero attached hydrogens (tertiary/aromatic N) is 1. The molecule has 2 nitrogen and oxygen atoms in total. The van der Waals surface area contributed by atoms with E-state index >= 15 is 0 Å². The SMILES string of the molecule is CC1(C)CCC(Nc2ccc(CC#N)cc2)CC1. The molecule has 1 saturated carbocycles. The van der Waals surface area contributed by atoms with Crippen LogP contribution >= 0.6 is 0 Å². The molecule has 1 aliphatic rings. The normalized spacial score (nSPS) is 19.2. The first-order valence-electron chi connectivity index (χ1n) is 6.81. The second-order valence-electron chi connectivity index (χ2n) is 6.11. The lowest BCUT2D eigenvalue weighted by Crippen LogP contribution is -2.29. The van der Waals surface area contributed by atoms with Gasteiger partial charge in [-0.15, -0.1) is 0 Å². The highest BCUT2D eigenvalue weighted by Gasteiger charge is 2.26.